The number of likely N-dealkylation sites (tertiary alicyclic amines) is 2. The van der Waals surface area contributed by atoms with Crippen LogP contribution >= 0.6 is 12.4 Å². The van der Waals surface area contributed by atoms with Crippen LogP contribution in [0.5, 0.6) is 5.75 Å². The quantitative estimate of drug-likeness (QED) is 0.279. The van der Waals surface area contributed by atoms with Gasteiger partial charge in [0.25, 0.3) is 0 Å². The molecular weight excluding hydrogens is 614 g/mol. The summed E-state index contributed by atoms with van der Waals surface area (Å²) < 4.78 is 7.25. The van der Waals surface area contributed by atoms with E-state index in [-0.39, 0.29) is 48.6 Å². The number of piperidine rings is 2. The van der Waals surface area contributed by atoms with Crippen LogP contribution in [-0.2, 0) is 22.7 Å². The van der Waals surface area contributed by atoms with Crippen molar-refractivity contribution in [2.75, 3.05) is 33.3 Å². The highest BCUT2D eigenvalue weighted by atomic mass is 35.5. The number of benzene rings is 3. The summed E-state index contributed by atoms with van der Waals surface area (Å²) in [6.07, 6.45) is 5.14. The predicted octanol–water partition coefficient (Wildman–Crippen LogP) is 4.66. The Bertz CT molecular complexity index is 1670. The summed E-state index contributed by atoms with van der Waals surface area (Å²) in [5.41, 5.74) is 5.01. The monoisotopic (exact) mass is 653 g/mol. The van der Waals surface area contributed by atoms with Gasteiger partial charge in [-0.25, -0.2) is 9.67 Å². The summed E-state index contributed by atoms with van der Waals surface area (Å²) >= 11 is 0. The number of ether oxygens (including phenoxy) is 1. The number of carbonyl (C=O) groups excluding carboxylic acids is 2. The Hall–Kier alpha value is -4.72. The van der Waals surface area contributed by atoms with Gasteiger partial charge in [-0.1, -0.05) is 48.5 Å². The smallest absolute Gasteiger partial charge is 0.244 e. The zero-order valence-corrected chi connectivity index (χ0v) is 27.3. The van der Waals surface area contributed by atoms with Crippen molar-refractivity contribution in [3.8, 4) is 22.9 Å². The van der Waals surface area contributed by atoms with E-state index in [9.17, 15) is 14.9 Å². The topological polar surface area (TPSA) is 116 Å². The number of rotatable bonds is 9. The van der Waals surface area contributed by atoms with E-state index in [2.05, 4.69) is 51.8 Å². The Kier molecular flexibility index (Phi) is 11.2. The maximum absolute atomic E-state index is 13.8. The van der Waals surface area contributed by atoms with Crippen molar-refractivity contribution >= 4 is 24.2 Å². The highest BCUT2D eigenvalue weighted by Crippen LogP contribution is 2.32. The highest BCUT2D eigenvalue weighted by Gasteiger charge is 2.36. The van der Waals surface area contributed by atoms with Gasteiger partial charge in [-0.2, -0.15) is 10.4 Å². The Morgan fingerprint density at radius 3 is 2.36 bits per heavy atom. The van der Waals surface area contributed by atoms with Gasteiger partial charge in [0.05, 0.1) is 18.7 Å². The summed E-state index contributed by atoms with van der Waals surface area (Å²) in [5, 5.41) is 17.0. The van der Waals surface area contributed by atoms with Gasteiger partial charge in [-0.3, -0.25) is 9.59 Å². The van der Waals surface area contributed by atoms with Crippen LogP contribution in [0.15, 0.2) is 85.5 Å². The second kappa shape index (κ2) is 15.7. The molecule has 2 saturated heterocycles. The van der Waals surface area contributed by atoms with Gasteiger partial charge in [-0.05, 0) is 60.2 Å². The minimum absolute atomic E-state index is 0. The minimum Gasteiger partial charge on any atom is -0.496 e. The molecule has 2 atom stereocenters. The molecule has 10 nitrogen and oxygen atoms in total. The SMILES string of the molecule is COc1ccc(-c2ccc(C#N)cc2)cc1CN[C@H]1CCN(C(=O)C2CCN(C(=O)Cn3cncn3)CC2)C[C@H]1c1ccccc1.Cl. The molecule has 3 heterocycles. The molecule has 2 aliphatic rings. The molecule has 244 valence electrons. The van der Waals surface area contributed by atoms with Crippen LogP contribution in [0.1, 0.15) is 41.9 Å². The molecule has 0 unspecified atom stereocenters. The normalized spacial score (nSPS) is 18.2. The summed E-state index contributed by atoms with van der Waals surface area (Å²) in [6.45, 7) is 3.28. The zero-order chi connectivity index (χ0) is 31.9. The van der Waals surface area contributed by atoms with Gasteiger partial charge in [0.2, 0.25) is 11.8 Å². The van der Waals surface area contributed by atoms with Crippen LogP contribution < -0.4 is 10.1 Å². The molecule has 0 radical (unpaired) electrons. The van der Waals surface area contributed by atoms with Gasteiger partial charge in [0.1, 0.15) is 24.9 Å². The number of halogens is 1. The molecule has 11 heteroatoms. The molecule has 2 amide bonds. The molecule has 0 bridgehead atoms. The highest BCUT2D eigenvalue weighted by molar-refractivity contribution is 5.85. The number of nitriles is 1. The lowest BCUT2D eigenvalue weighted by Crippen LogP contribution is -2.52. The third-order valence-electron chi connectivity index (χ3n) is 9.30. The molecule has 47 heavy (non-hydrogen) atoms. The molecule has 0 spiro atoms. The van der Waals surface area contributed by atoms with Crippen LogP contribution in [-0.4, -0.2) is 75.7 Å². The third kappa shape index (κ3) is 7.99. The van der Waals surface area contributed by atoms with Crippen molar-refractivity contribution in [2.24, 2.45) is 5.92 Å². The van der Waals surface area contributed by atoms with Gasteiger partial charge in [0.15, 0.2) is 0 Å². The lowest BCUT2D eigenvalue weighted by molar-refractivity contribution is -0.142. The molecule has 1 aromatic heterocycles. The number of carbonyl (C=O) groups is 2. The van der Waals surface area contributed by atoms with Crippen molar-refractivity contribution in [2.45, 2.75) is 44.3 Å². The van der Waals surface area contributed by atoms with Gasteiger partial charge in [-0.15, -0.1) is 12.4 Å². The standard InChI is InChI=1S/C36H39N7O3.ClH/c1-46-34-12-11-30(27-9-7-26(20-37)8-10-27)19-31(34)21-39-33-15-18-42(22-32(33)28-5-3-2-4-6-28)36(45)29-13-16-41(17-14-29)35(44)23-43-25-38-24-40-43;/h2-12,19,24-25,29,32-33,39H,13-18,21-23H2,1H3;1H/t32-,33-;/m0./s1. The summed E-state index contributed by atoms with van der Waals surface area (Å²) in [7, 11) is 1.69. The fraction of sp³-hybridized carbons (Fsp3) is 0.361. The van der Waals surface area contributed by atoms with Crippen LogP contribution in [0, 0.1) is 17.2 Å². The second-order valence-corrected chi connectivity index (χ2v) is 12.0. The van der Waals surface area contributed by atoms with Crippen LogP contribution in [0.25, 0.3) is 11.1 Å². The predicted molar refractivity (Wildman–Crippen MR) is 181 cm³/mol. The summed E-state index contributed by atoms with van der Waals surface area (Å²) in [5.74, 6) is 1.08. The average Bonchev–Trinajstić information content (AvgIpc) is 3.64. The van der Waals surface area contributed by atoms with E-state index < -0.39 is 0 Å². The van der Waals surface area contributed by atoms with Crippen LogP contribution in [0.4, 0.5) is 0 Å². The Morgan fingerprint density at radius 1 is 0.957 bits per heavy atom. The number of hydrogen-bond donors (Lipinski definition) is 1. The van der Waals surface area contributed by atoms with Crippen molar-refractivity contribution in [3.63, 3.8) is 0 Å². The zero-order valence-electron chi connectivity index (χ0n) is 26.5. The Labute approximate surface area is 281 Å². The first-order chi connectivity index (χ1) is 22.5. The van der Waals surface area contributed by atoms with Crippen LogP contribution in [0.3, 0.4) is 0 Å². The van der Waals surface area contributed by atoms with E-state index in [1.54, 1.807) is 13.4 Å². The van der Waals surface area contributed by atoms with E-state index in [4.69, 9.17) is 4.74 Å². The molecule has 1 N–H and O–H groups in total. The van der Waals surface area contributed by atoms with Crippen molar-refractivity contribution in [1.82, 2.24) is 29.9 Å². The molecule has 0 saturated carbocycles. The van der Waals surface area contributed by atoms with Gasteiger partial charge < -0.3 is 19.9 Å². The maximum Gasteiger partial charge on any atom is 0.244 e. The third-order valence-corrected chi connectivity index (χ3v) is 9.30. The molecule has 6 rings (SSSR count). The van der Waals surface area contributed by atoms with Crippen LogP contribution in [0.2, 0.25) is 0 Å². The van der Waals surface area contributed by atoms with E-state index in [0.717, 1.165) is 28.9 Å². The number of hydrogen-bond acceptors (Lipinski definition) is 7. The van der Waals surface area contributed by atoms with Gasteiger partial charge >= 0.3 is 0 Å². The average molecular weight is 654 g/mol. The number of nitrogens with zero attached hydrogens (tertiary/aromatic N) is 6. The number of nitrogens with one attached hydrogen (secondary N) is 1. The van der Waals surface area contributed by atoms with Crippen molar-refractivity contribution in [1.29, 1.82) is 5.26 Å². The largest absolute Gasteiger partial charge is 0.496 e. The molecular formula is C36H40ClN7O3. The van der Waals surface area contributed by atoms with Crippen molar-refractivity contribution in [3.05, 3.63) is 102 Å². The second-order valence-electron chi connectivity index (χ2n) is 12.0. The summed E-state index contributed by atoms with van der Waals surface area (Å²) in [6, 6.07) is 26.6. The number of methoxy groups -OCH3 is 1. The Morgan fingerprint density at radius 2 is 1.68 bits per heavy atom. The summed E-state index contributed by atoms with van der Waals surface area (Å²) in [4.78, 5) is 34.3. The molecule has 0 aliphatic carbocycles. The molecule has 2 fully saturated rings. The fourth-order valence-corrected chi connectivity index (χ4v) is 6.70. The van der Waals surface area contributed by atoms with E-state index in [0.29, 0.717) is 51.1 Å². The maximum atomic E-state index is 13.8. The molecule has 3 aromatic carbocycles. The first-order valence-electron chi connectivity index (χ1n) is 15.9. The lowest BCUT2D eigenvalue weighted by atomic mass is 9.84. The Balaban J connectivity index is 0.00000433. The van der Waals surface area contributed by atoms with E-state index in [1.165, 1.54) is 16.6 Å². The first kappa shape index (κ1) is 33.6. The minimum atomic E-state index is -0.0782. The van der Waals surface area contributed by atoms with Gasteiger partial charge in [0, 0.05) is 56.2 Å². The molecule has 4 aromatic rings. The molecule has 2 aliphatic heterocycles. The number of amides is 2. The first-order valence-corrected chi connectivity index (χ1v) is 15.9. The number of aromatic nitrogens is 3. The van der Waals surface area contributed by atoms with Crippen molar-refractivity contribution < 1.29 is 14.3 Å². The fourth-order valence-electron chi connectivity index (χ4n) is 6.70. The van der Waals surface area contributed by atoms with E-state index in [1.807, 2.05) is 52.3 Å². The van der Waals surface area contributed by atoms with E-state index >= 15 is 0 Å². The lowest BCUT2D eigenvalue weighted by Gasteiger charge is -2.42.